The molecule has 28 heavy (non-hydrogen) atoms. The summed E-state index contributed by atoms with van der Waals surface area (Å²) in [5.74, 6) is -2.83. The van der Waals surface area contributed by atoms with Crippen molar-refractivity contribution in [3.63, 3.8) is 0 Å². The molecule has 0 unspecified atom stereocenters. The van der Waals surface area contributed by atoms with Crippen LogP contribution in [0.1, 0.15) is 15.9 Å². The molecule has 1 heterocycles. The molecule has 146 valence electrons. The summed E-state index contributed by atoms with van der Waals surface area (Å²) < 4.78 is 41.4. The topological polar surface area (TPSA) is 78.5 Å². The Bertz CT molecular complexity index is 936. The van der Waals surface area contributed by atoms with Crippen molar-refractivity contribution in [1.29, 1.82) is 0 Å². The van der Waals surface area contributed by atoms with E-state index in [2.05, 4.69) is 0 Å². The molecule has 1 aliphatic rings. The molecule has 0 saturated carbocycles. The molecule has 2 N–H and O–H groups in total. The molecule has 0 radical (unpaired) electrons. The molecule has 2 aromatic carbocycles. The molecule has 1 fully saturated rings. The van der Waals surface area contributed by atoms with Gasteiger partial charge in [-0.2, -0.15) is 13.2 Å². The molecule has 1 aliphatic heterocycles. The van der Waals surface area contributed by atoms with Crippen molar-refractivity contribution in [1.82, 2.24) is 15.5 Å². The van der Waals surface area contributed by atoms with Crippen LogP contribution in [0, 0.1) is 0 Å². The quantitative estimate of drug-likeness (QED) is 0.759. The van der Waals surface area contributed by atoms with Crippen LogP contribution in [0.15, 0.2) is 54.6 Å². The molecule has 2 aromatic rings. The first-order valence-corrected chi connectivity index (χ1v) is 8.35. The van der Waals surface area contributed by atoms with Crippen molar-refractivity contribution in [2.24, 2.45) is 0 Å². The molecule has 0 bridgehead atoms. The van der Waals surface area contributed by atoms with Gasteiger partial charge in [-0.05, 0) is 23.8 Å². The van der Waals surface area contributed by atoms with E-state index in [1.54, 1.807) is 41.0 Å². The molecule has 0 aromatic heterocycles. The maximum absolute atomic E-state index is 13.8. The van der Waals surface area contributed by atoms with E-state index in [-0.39, 0.29) is 17.1 Å². The number of amides is 4. The minimum absolute atomic E-state index is 0.126. The van der Waals surface area contributed by atoms with Gasteiger partial charge in [-0.15, -0.1) is 0 Å². The number of carbonyl (C=O) groups is 3. The van der Waals surface area contributed by atoms with Gasteiger partial charge in [0.15, 0.2) is 0 Å². The van der Waals surface area contributed by atoms with E-state index in [0.29, 0.717) is 10.5 Å². The van der Waals surface area contributed by atoms with E-state index in [9.17, 15) is 27.6 Å². The van der Waals surface area contributed by atoms with Crippen LogP contribution in [0.3, 0.4) is 0 Å². The van der Waals surface area contributed by atoms with Gasteiger partial charge in [0.1, 0.15) is 0 Å². The van der Waals surface area contributed by atoms with E-state index in [0.717, 1.165) is 6.07 Å². The predicted octanol–water partition coefficient (Wildman–Crippen LogP) is 3.08. The molecule has 0 aliphatic carbocycles. The van der Waals surface area contributed by atoms with Crippen LogP contribution in [-0.4, -0.2) is 34.6 Å². The second-order valence-electron chi connectivity index (χ2n) is 6.02. The van der Waals surface area contributed by atoms with Gasteiger partial charge in [0.2, 0.25) is 0 Å². The van der Waals surface area contributed by atoms with Crippen molar-refractivity contribution in [2.45, 2.75) is 18.4 Å². The first kappa shape index (κ1) is 19.7. The number of carbonyl (C=O) groups excluding carboxylic acids is 3. The lowest BCUT2D eigenvalue weighted by molar-refractivity contribution is -0.200. The minimum Gasteiger partial charge on any atom is -0.314 e. The standard InChI is InChI=1S/C18H13ClF3N3O3/c19-13-8-4-7-12(9-13)14(26)23-17(18(20,21)22)15(27)25(16(28)24-17)10-11-5-2-1-3-6-11/h1-9H,10H2,(H,23,26)(H,24,28)/t17-/m1/s1. The van der Waals surface area contributed by atoms with Gasteiger partial charge in [-0.3, -0.25) is 19.8 Å². The van der Waals surface area contributed by atoms with E-state index >= 15 is 0 Å². The van der Waals surface area contributed by atoms with Crippen molar-refractivity contribution in [2.75, 3.05) is 0 Å². The average Bonchev–Trinajstić information content (AvgIpc) is 2.87. The van der Waals surface area contributed by atoms with Gasteiger partial charge in [0.05, 0.1) is 6.54 Å². The molecule has 6 nitrogen and oxygen atoms in total. The van der Waals surface area contributed by atoms with Crippen LogP contribution in [0.5, 0.6) is 0 Å². The van der Waals surface area contributed by atoms with Gasteiger partial charge < -0.3 is 5.32 Å². The molecule has 4 amide bonds. The van der Waals surface area contributed by atoms with Gasteiger partial charge in [-0.1, -0.05) is 48.0 Å². The molecular weight excluding hydrogens is 399 g/mol. The molecule has 0 spiro atoms. The van der Waals surface area contributed by atoms with Crippen LogP contribution >= 0.6 is 11.6 Å². The largest absolute Gasteiger partial charge is 0.440 e. The Hall–Kier alpha value is -3.07. The number of alkyl halides is 3. The van der Waals surface area contributed by atoms with Crippen LogP contribution < -0.4 is 10.6 Å². The fourth-order valence-corrected chi connectivity index (χ4v) is 2.90. The van der Waals surface area contributed by atoms with Crippen LogP contribution in [0.4, 0.5) is 18.0 Å². The van der Waals surface area contributed by atoms with Crippen LogP contribution in [-0.2, 0) is 11.3 Å². The zero-order valence-corrected chi connectivity index (χ0v) is 14.8. The van der Waals surface area contributed by atoms with E-state index in [4.69, 9.17) is 11.6 Å². The van der Waals surface area contributed by atoms with Gasteiger partial charge in [-0.25, -0.2) is 4.79 Å². The monoisotopic (exact) mass is 411 g/mol. The minimum atomic E-state index is -5.28. The summed E-state index contributed by atoms with van der Waals surface area (Å²) in [5.41, 5.74) is -3.32. The fraction of sp³-hybridized carbons (Fsp3) is 0.167. The highest BCUT2D eigenvalue weighted by molar-refractivity contribution is 6.31. The summed E-state index contributed by atoms with van der Waals surface area (Å²) in [6.07, 6.45) is -5.28. The zero-order valence-electron chi connectivity index (χ0n) is 14.1. The number of nitrogens with zero attached hydrogens (tertiary/aromatic N) is 1. The predicted molar refractivity (Wildman–Crippen MR) is 93.2 cm³/mol. The number of hydrogen-bond donors (Lipinski definition) is 2. The van der Waals surface area contributed by atoms with Gasteiger partial charge >= 0.3 is 12.2 Å². The second kappa shape index (κ2) is 7.16. The van der Waals surface area contributed by atoms with Crippen LogP contribution in [0.2, 0.25) is 5.02 Å². The fourth-order valence-electron chi connectivity index (χ4n) is 2.71. The van der Waals surface area contributed by atoms with E-state index in [1.165, 1.54) is 18.2 Å². The SMILES string of the molecule is O=C(N[C@@]1(C(F)(F)F)NC(=O)N(Cc2ccccc2)C1=O)c1cccc(Cl)c1. The second-order valence-corrected chi connectivity index (χ2v) is 6.46. The lowest BCUT2D eigenvalue weighted by atomic mass is 10.1. The average molecular weight is 412 g/mol. The summed E-state index contributed by atoms with van der Waals surface area (Å²) in [6.45, 7) is -0.379. The molecule has 1 atom stereocenters. The van der Waals surface area contributed by atoms with E-state index in [1.807, 2.05) is 0 Å². The highest BCUT2D eigenvalue weighted by atomic mass is 35.5. The van der Waals surface area contributed by atoms with Gasteiger partial charge in [0.25, 0.3) is 17.5 Å². The molecular formula is C18H13ClF3N3O3. The lowest BCUT2D eigenvalue weighted by Gasteiger charge is -2.29. The first-order chi connectivity index (χ1) is 13.1. The molecule has 3 rings (SSSR count). The van der Waals surface area contributed by atoms with Gasteiger partial charge in [0, 0.05) is 10.6 Å². The third-order valence-corrected chi connectivity index (χ3v) is 4.34. The Morgan fingerprint density at radius 2 is 1.79 bits per heavy atom. The number of hydrogen-bond acceptors (Lipinski definition) is 3. The Kier molecular flexibility index (Phi) is 5.03. The Balaban J connectivity index is 1.92. The maximum Gasteiger partial charge on any atom is 0.440 e. The smallest absolute Gasteiger partial charge is 0.314 e. The van der Waals surface area contributed by atoms with E-state index < -0.39 is 29.7 Å². The third kappa shape index (κ3) is 3.53. The number of halogens is 4. The van der Waals surface area contributed by atoms with Crippen LogP contribution in [0.25, 0.3) is 0 Å². The summed E-state index contributed by atoms with van der Waals surface area (Å²) in [7, 11) is 0. The highest BCUT2D eigenvalue weighted by Crippen LogP contribution is 2.34. The maximum atomic E-state index is 13.8. The summed E-state index contributed by atoms with van der Waals surface area (Å²) in [6, 6.07) is 11.9. The van der Waals surface area contributed by atoms with Crippen molar-refractivity contribution in [3.8, 4) is 0 Å². The molecule has 1 saturated heterocycles. The van der Waals surface area contributed by atoms with Crippen molar-refractivity contribution >= 4 is 29.4 Å². The Labute approximate surface area is 162 Å². The number of rotatable bonds is 4. The molecule has 10 heteroatoms. The number of benzene rings is 2. The number of imide groups is 1. The summed E-state index contributed by atoms with van der Waals surface area (Å²) in [4.78, 5) is 37.5. The third-order valence-electron chi connectivity index (χ3n) is 4.10. The number of nitrogens with one attached hydrogen (secondary N) is 2. The Morgan fingerprint density at radius 1 is 1.11 bits per heavy atom. The highest BCUT2D eigenvalue weighted by Gasteiger charge is 2.68. The first-order valence-electron chi connectivity index (χ1n) is 7.97. The number of urea groups is 1. The summed E-state index contributed by atoms with van der Waals surface area (Å²) in [5, 5.41) is 3.34. The summed E-state index contributed by atoms with van der Waals surface area (Å²) >= 11 is 5.75. The van der Waals surface area contributed by atoms with Crippen molar-refractivity contribution in [3.05, 3.63) is 70.7 Å². The zero-order chi connectivity index (χ0) is 20.5. The normalized spacial score (nSPS) is 19.5. The van der Waals surface area contributed by atoms with Crippen molar-refractivity contribution < 1.29 is 27.6 Å². The Morgan fingerprint density at radius 3 is 2.39 bits per heavy atom. The lowest BCUT2D eigenvalue weighted by Crippen LogP contribution is -2.69.